The molecule has 0 aliphatic heterocycles. The fourth-order valence-electron chi connectivity index (χ4n) is 3.87. The zero-order chi connectivity index (χ0) is 22.6. The molecule has 5 aromatic rings. The van der Waals surface area contributed by atoms with E-state index in [4.69, 9.17) is 5.10 Å². The monoisotopic (exact) mass is 434 g/mol. The third-order valence-corrected chi connectivity index (χ3v) is 5.55. The molecule has 0 saturated carbocycles. The maximum absolute atomic E-state index is 13.0. The van der Waals surface area contributed by atoms with E-state index in [1.165, 1.54) is 0 Å². The Morgan fingerprint density at radius 2 is 1.73 bits per heavy atom. The van der Waals surface area contributed by atoms with Crippen LogP contribution in [0.4, 0.5) is 5.69 Å². The molecule has 0 fully saturated rings. The van der Waals surface area contributed by atoms with E-state index >= 15 is 0 Å². The van der Waals surface area contributed by atoms with Crippen LogP contribution in [0.15, 0.2) is 91.3 Å². The van der Waals surface area contributed by atoms with E-state index in [-0.39, 0.29) is 11.8 Å². The lowest BCUT2D eigenvalue weighted by Gasteiger charge is -2.16. The molecular weight excluding hydrogens is 412 g/mol. The van der Waals surface area contributed by atoms with E-state index in [0.29, 0.717) is 11.5 Å². The number of hydrogen-bond acceptors (Lipinski definition) is 5. The van der Waals surface area contributed by atoms with Gasteiger partial charge in [0.2, 0.25) is 5.91 Å². The minimum atomic E-state index is -0.204. The van der Waals surface area contributed by atoms with Gasteiger partial charge in [-0.1, -0.05) is 49.4 Å². The summed E-state index contributed by atoms with van der Waals surface area (Å²) in [6.45, 7) is 2.02. The van der Waals surface area contributed by atoms with Gasteiger partial charge in [0.05, 0.1) is 11.6 Å². The molecule has 0 saturated heterocycles. The lowest BCUT2D eigenvalue weighted by atomic mass is 9.95. The highest BCUT2D eigenvalue weighted by molar-refractivity contribution is 5.96. The number of nitrogens with zero attached hydrogens (tertiary/aromatic N) is 5. The van der Waals surface area contributed by atoms with Crippen molar-refractivity contribution in [2.24, 2.45) is 0 Å². The molecule has 162 valence electrons. The number of aromatic nitrogens is 5. The standard InChI is InChI=1S/C26H22N6O/c1-2-22(18-7-4-3-5-8-18)26(33)28-21-10-6-9-20(17-21)23-11-12-24-29-30-25(32(24)31-23)19-13-15-27-16-14-19/h3-17,22H,2H2,1H3,(H,28,33). The molecular formula is C26H22N6O. The van der Waals surface area contributed by atoms with Crippen LogP contribution in [0.25, 0.3) is 28.3 Å². The van der Waals surface area contributed by atoms with Crippen molar-refractivity contribution in [3.63, 3.8) is 0 Å². The highest BCUT2D eigenvalue weighted by Crippen LogP contribution is 2.25. The van der Waals surface area contributed by atoms with Gasteiger partial charge in [-0.3, -0.25) is 9.78 Å². The minimum absolute atomic E-state index is 0.0250. The Hall–Kier alpha value is -4.39. The average molecular weight is 435 g/mol. The quantitative estimate of drug-likeness (QED) is 0.407. The summed E-state index contributed by atoms with van der Waals surface area (Å²) in [5.41, 5.74) is 4.92. The van der Waals surface area contributed by atoms with Crippen LogP contribution in [0.1, 0.15) is 24.8 Å². The van der Waals surface area contributed by atoms with Crippen LogP contribution in [0, 0.1) is 0 Å². The minimum Gasteiger partial charge on any atom is -0.326 e. The summed E-state index contributed by atoms with van der Waals surface area (Å²) in [4.78, 5) is 17.0. The predicted molar refractivity (Wildman–Crippen MR) is 128 cm³/mol. The number of rotatable bonds is 6. The van der Waals surface area contributed by atoms with Crippen molar-refractivity contribution < 1.29 is 4.79 Å². The second-order valence-corrected chi connectivity index (χ2v) is 7.69. The first-order valence-corrected chi connectivity index (χ1v) is 10.8. The van der Waals surface area contributed by atoms with Crippen LogP contribution < -0.4 is 5.32 Å². The average Bonchev–Trinajstić information content (AvgIpc) is 3.29. The number of benzene rings is 2. The largest absolute Gasteiger partial charge is 0.326 e. The van der Waals surface area contributed by atoms with Crippen molar-refractivity contribution in [3.8, 4) is 22.6 Å². The van der Waals surface area contributed by atoms with Crippen LogP contribution in [-0.4, -0.2) is 30.7 Å². The molecule has 3 heterocycles. The molecule has 5 rings (SSSR count). The summed E-state index contributed by atoms with van der Waals surface area (Å²) in [6, 6.07) is 25.1. The van der Waals surface area contributed by atoms with Gasteiger partial charge in [-0.2, -0.15) is 9.61 Å². The van der Waals surface area contributed by atoms with E-state index in [1.807, 2.05) is 85.8 Å². The van der Waals surface area contributed by atoms with Gasteiger partial charge in [-0.15, -0.1) is 10.2 Å². The Morgan fingerprint density at radius 1 is 0.909 bits per heavy atom. The molecule has 33 heavy (non-hydrogen) atoms. The molecule has 7 heteroatoms. The molecule has 1 N–H and O–H groups in total. The second-order valence-electron chi connectivity index (χ2n) is 7.69. The number of fused-ring (bicyclic) bond motifs is 1. The zero-order valence-corrected chi connectivity index (χ0v) is 18.1. The molecule has 1 unspecified atom stereocenters. The summed E-state index contributed by atoms with van der Waals surface area (Å²) < 4.78 is 1.72. The first-order valence-electron chi connectivity index (χ1n) is 10.8. The fourth-order valence-corrected chi connectivity index (χ4v) is 3.87. The number of anilines is 1. The highest BCUT2D eigenvalue weighted by atomic mass is 16.1. The molecule has 0 radical (unpaired) electrons. The molecule has 1 atom stereocenters. The molecule has 0 bridgehead atoms. The number of pyridine rings is 1. The van der Waals surface area contributed by atoms with Gasteiger partial charge in [-0.05, 0) is 48.4 Å². The first-order chi connectivity index (χ1) is 16.2. The Kier molecular flexibility index (Phi) is 5.59. The van der Waals surface area contributed by atoms with Gasteiger partial charge >= 0.3 is 0 Å². The van der Waals surface area contributed by atoms with E-state index < -0.39 is 0 Å². The number of carbonyl (C=O) groups excluding carboxylic acids is 1. The van der Waals surface area contributed by atoms with Gasteiger partial charge < -0.3 is 5.32 Å². The van der Waals surface area contributed by atoms with Crippen LogP contribution in [0.3, 0.4) is 0 Å². The van der Waals surface area contributed by atoms with Crippen molar-refractivity contribution in [2.45, 2.75) is 19.3 Å². The Balaban J connectivity index is 1.44. The maximum Gasteiger partial charge on any atom is 0.231 e. The Labute approximate surface area is 191 Å². The molecule has 0 aliphatic rings. The van der Waals surface area contributed by atoms with Crippen molar-refractivity contribution in [1.82, 2.24) is 24.8 Å². The zero-order valence-electron chi connectivity index (χ0n) is 18.1. The molecule has 2 aromatic carbocycles. The topological polar surface area (TPSA) is 85.1 Å². The van der Waals surface area contributed by atoms with Gasteiger partial charge in [0.1, 0.15) is 0 Å². The second kappa shape index (κ2) is 9.00. The van der Waals surface area contributed by atoms with Gasteiger partial charge in [0, 0.05) is 29.2 Å². The number of carbonyl (C=O) groups is 1. The number of amides is 1. The van der Waals surface area contributed by atoms with E-state index in [2.05, 4.69) is 20.5 Å². The summed E-state index contributed by atoms with van der Waals surface area (Å²) >= 11 is 0. The van der Waals surface area contributed by atoms with Crippen LogP contribution in [0.5, 0.6) is 0 Å². The van der Waals surface area contributed by atoms with Crippen molar-refractivity contribution in [3.05, 3.63) is 96.8 Å². The lowest BCUT2D eigenvalue weighted by Crippen LogP contribution is -2.20. The van der Waals surface area contributed by atoms with Gasteiger partial charge in [0.15, 0.2) is 11.5 Å². The molecule has 0 aliphatic carbocycles. The van der Waals surface area contributed by atoms with Gasteiger partial charge in [-0.25, -0.2) is 0 Å². The number of hydrogen-bond donors (Lipinski definition) is 1. The predicted octanol–water partition coefficient (Wildman–Crippen LogP) is 4.99. The normalized spacial score (nSPS) is 11.9. The van der Waals surface area contributed by atoms with E-state index in [1.54, 1.807) is 16.9 Å². The third-order valence-electron chi connectivity index (χ3n) is 5.55. The van der Waals surface area contributed by atoms with Crippen LogP contribution >= 0.6 is 0 Å². The molecule has 7 nitrogen and oxygen atoms in total. The van der Waals surface area contributed by atoms with E-state index in [0.717, 1.165) is 34.5 Å². The van der Waals surface area contributed by atoms with Crippen molar-refractivity contribution in [1.29, 1.82) is 0 Å². The van der Waals surface area contributed by atoms with E-state index in [9.17, 15) is 4.79 Å². The lowest BCUT2D eigenvalue weighted by molar-refractivity contribution is -0.117. The summed E-state index contributed by atoms with van der Waals surface area (Å²) in [7, 11) is 0. The summed E-state index contributed by atoms with van der Waals surface area (Å²) in [5.74, 6) is 0.416. The maximum atomic E-state index is 13.0. The summed E-state index contributed by atoms with van der Waals surface area (Å²) in [6.07, 6.45) is 4.15. The molecule has 3 aromatic heterocycles. The highest BCUT2D eigenvalue weighted by Gasteiger charge is 2.19. The SMILES string of the molecule is CCC(C(=O)Nc1cccc(-c2ccc3nnc(-c4ccncc4)n3n2)c1)c1ccccc1. The van der Waals surface area contributed by atoms with Crippen molar-refractivity contribution in [2.75, 3.05) is 5.32 Å². The Morgan fingerprint density at radius 3 is 2.52 bits per heavy atom. The number of nitrogens with one attached hydrogen (secondary N) is 1. The van der Waals surface area contributed by atoms with Crippen LogP contribution in [-0.2, 0) is 4.79 Å². The fraction of sp³-hybridized carbons (Fsp3) is 0.115. The molecule has 1 amide bonds. The summed E-state index contributed by atoms with van der Waals surface area (Å²) in [5, 5.41) is 16.3. The van der Waals surface area contributed by atoms with Gasteiger partial charge in [0.25, 0.3) is 0 Å². The third kappa shape index (κ3) is 4.21. The molecule has 0 spiro atoms. The Bertz CT molecular complexity index is 1400. The smallest absolute Gasteiger partial charge is 0.231 e. The van der Waals surface area contributed by atoms with Crippen molar-refractivity contribution >= 4 is 17.2 Å². The first kappa shape index (κ1) is 20.5. The van der Waals surface area contributed by atoms with Crippen LogP contribution in [0.2, 0.25) is 0 Å².